The molecule has 2 unspecified atom stereocenters. The number of nitrogens with zero attached hydrogens (tertiary/aromatic N) is 2. The average molecular weight is 557 g/mol. The molecule has 2 aromatic carbocycles. The topological polar surface area (TPSA) is 139 Å². The van der Waals surface area contributed by atoms with Gasteiger partial charge in [-0.3, -0.25) is 14.5 Å². The zero-order valence-corrected chi connectivity index (χ0v) is 22.6. The van der Waals surface area contributed by atoms with Crippen molar-refractivity contribution >= 4 is 56.5 Å². The lowest BCUT2D eigenvalue weighted by atomic mass is 10.1. The Balaban J connectivity index is 1.30. The first-order valence-corrected chi connectivity index (χ1v) is 13.9. The van der Waals surface area contributed by atoms with Crippen molar-refractivity contribution in [3.63, 3.8) is 0 Å². The fourth-order valence-electron chi connectivity index (χ4n) is 5.36. The molecular formula is C29H28N6O4S. The highest BCUT2D eigenvalue weighted by Gasteiger charge is 2.35. The molecule has 6 rings (SSSR count). The molecule has 0 saturated heterocycles. The molecule has 2 aliphatic rings. The van der Waals surface area contributed by atoms with Crippen LogP contribution in [0.15, 0.2) is 60.8 Å². The van der Waals surface area contributed by atoms with Gasteiger partial charge in [-0.05, 0) is 68.1 Å². The summed E-state index contributed by atoms with van der Waals surface area (Å²) in [5.74, 6) is 0.822. The maximum absolute atomic E-state index is 13.5. The van der Waals surface area contributed by atoms with Gasteiger partial charge in [-0.2, -0.15) is 0 Å². The molecule has 0 spiro atoms. The molecule has 1 saturated carbocycles. The first kappa shape index (κ1) is 25.8. The summed E-state index contributed by atoms with van der Waals surface area (Å²) in [5, 5.41) is 9.60. The first-order chi connectivity index (χ1) is 19.4. The number of carbonyl (C=O) groups is 3. The lowest BCUT2D eigenvalue weighted by molar-refractivity contribution is -0.120. The van der Waals surface area contributed by atoms with Crippen molar-refractivity contribution in [2.24, 2.45) is 5.73 Å². The molecule has 40 heavy (non-hydrogen) atoms. The third kappa shape index (κ3) is 4.74. The third-order valence-corrected chi connectivity index (χ3v) is 8.30. The second-order valence-corrected chi connectivity index (χ2v) is 10.8. The number of amides is 4. The van der Waals surface area contributed by atoms with Crippen molar-refractivity contribution in [3.05, 3.63) is 71.2 Å². The van der Waals surface area contributed by atoms with Gasteiger partial charge in [-0.1, -0.05) is 18.2 Å². The minimum atomic E-state index is -0.374. The van der Waals surface area contributed by atoms with E-state index < -0.39 is 0 Å². The maximum atomic E-state index is 13.5. The quantitative estimate of drug-likeness (QED) is 0.258. The van der Waals surface area contributed by atoms with Crippen LogP contribution in [0.1, 0.15) is 34.5 Å². The van der Waals surface area contributed by atoms with E-state index in [9.17, 15) is 14.4 Å². The molecule has 1 fully saturated rings. The Hall–Kier alpha value is -4.48. The van der Waals surface area contributed by atoms with Crippen molar-refractivity contribution in [3.8, 4) is 11.5 Å². The second kappa shape index (κ2) is 10.6. The number of rotatable bonds is 7. The number of anilines is 3. The van der Waals surface area contributed by atoms with Crippen LogP contribution < -0.4 is 31.3 Å². The van der Waals surface area contributed by atoms with E-state index >= 15 is 0 Å². The highest BCUT2D eigenvalue weighted by atomic mass is 32.1. The van der Waals surface area contributed by atoms with E-state index in [1.165, 1.54) is 11.3 Å². The van der Waals surface area contributed by atoms with Crippen LogP contribution in [0.5, 0.6) is 11.5 Å². The number of urea groups is 1. The summed E-state index contributed by atoms with van der Waals surface area (Å²) in [6, 6.07) is 16.1. The van der Waals surface area contributed by atoms with Gasteiger partial charge in [0.05, 0.1) is 29.0 Å². The molecular weight excluding hydrogens is 528 g/mol. The number of carbonyl (C=O) groups excluding carboxylic acids is 3. The Morgan fingerprint density at radius 1 is 1.07 bits per heavy atom. The van der Waals surface area contributed by atoms with Crippen molar-refractivity contribution in [1.29, 1.82) is 0 Å². The van der Waals surface area contributed by atoms with Crippen LogP contribution in [0.2, 0.25) is 0 Å². The summed E-state index contributed by atoms with van der Waals surface area (Å²) < 4.78 is 5.96. The smallest absolute Gasteiger partial charge is 0.331 e. The zero-order valence-electron chi connectivity index (χ0n) is 21.8. The summed E-state index contributed by atoms with van der Waals surface area (Å²) in [6.45, 7) is 1.82. The molecule has 4 aromatic rings. The predicted molar refractivity (Wildman–Crippen MR) is 155 cm³/mol. The number of hydrogen-bond donors (Lipinski definition) is 4. The summed E-state index contributed by atoms with van der Waals surface area (Å²) in [6.07, 6.45) is 4.03. The number of pyridine rings is 1. The summed E-state index contributed by atoms with van der Waals surface area (Å²) in [5.41, 5.74) is 8.08. The molecule has 4 amide bonds. The van der Waals surface area contributed by atoms with E-state index in [0.29, 0.717) is 37.9 Å². The Bertz CT molecular complexity index is 1620. The third-order valence-electron chi connectivity index (χ3n) is 7.20. The predicted octanol–water partition coefficient (Wildman–Crippen LogP) is 4.81. The lowest BCUT2D eigenvalue weighted by Crippen LogP contribution is -2.49. The largest absolute Gasteiger partial charge is 0.457 e. The van der Waals surface area contributed by atoms with Crippen molar-refractivity contribution in [2.75, 3.05) is 16.8 Å². The maximum Gasteiger partial charge on any atom is 0.331 e. The van der Waals surface area contributed by atoms with Gasteiger partial charge >= 0.3 is 6.03 Å². The van der Waals surface area contributed by atoms with Crippen molar-refractivity contribution in [1.82, 2.24) is 15.6 Å². The minimum Gasteiger partial charge on any atom is -0.457 e. The van der Waals surface area contributed by atoms with Crippen molar-refractivity contribution in [2.45, 2.75) is 38.3 Å². The standard InChI is InChI=1S/C29H28N6O4S/c1-16-14-18(39-17-6-3-2-4-7-17)10-11-21(16)35-22-12-13-31-28-24(22)25(34-29(35)38)26(40-28)27(37)33-20-9-5-8-19(20)32-23(36)15-30/h2-4,6-7,10-14,19-20H,5,8-9,15,30H2,1H3,(H,32,36)(H,33,37)(H,34,38). The molecule has 11 heteroatoms. The van der Waals surface area contributed by atoms with Gasteiger partial charge in [-0.15, -0.1) is 11.3 Å². The van der Waals surface area contributed by atoms with Crippen LogP contribution in [0.3, 0.4) is 0 Å². The molecule has 5 N–H and O–H groups in total. The van der Waals surface area contributed by atoms with E-state index in [0.717, 1.165) is 30.6 Å². The average Bonchev–Trinajstić information content (AvgIpc) is 3.55. The van der Waals surface area contributed by atoms with Crippen molar-refractivity contribution < 1.29 is 19.1 Å². The lowest BCUT2D eigenvalue weighted by Gasteiger charge is -2.29. The number of nitrogens with one attached hydrogen (secondary N) is 3. The molecule has 1 aliphatic heterocycles. The molecule has 204 valence electrons. The summed E-state index contributed by atoms with van der Waals surface area (Å²) in [4.78, 5) is 45.9. The Kier molecular flexibility index (Phi) is 6.82. The van der Waals surface area contributed by atoms with Gasteiger partial charge in [0.25, 0.3) is 5.91 Å². The van der Waals surface area contributed by atoms with E-state index in [1.807, 2.05) is 55.5 Å². The van der Waals surface area contributed by atoms with Crippen LogP contribution in [0.4, 0.5) is 21.9 Å². The van der Waals surface area contributed by atoms with Crippen LogP contribution >= 0.6 is 11.3 Å². The van der Waals surface area contributed by atoms with E-state index in [2.05, 4.69) is 20.9 Å². The van der Waals surface area contributed by atoms with Gasteiger partial charge in [0, 0.05) is 18.3 Å². The van der Waals surface area contributed by atoms with E-state index in [4.69, 9.17) is 10.5 Å². The molecule has 10 nitrogen and oxygen atoms in total. The highest BCUT2D eigenvalue weighted by Crippen LogP contribution is 2.46. The zero-order chi connectivity index (χ0) is 27.8. The number of thiophene rings is 1. The van der Waals surface area contributed by atoms with Gasteiger partial charge in [-0.25, -0.2) is 9.78 Å². The number of benzene rings is 2. The Morgan fingerprint density at radius 2 is 1.85 bits per heavy atom. The number of hydrogen-bond acceptors (Lipinski definition) is 7. The van der Waals surface area contributed by atoms with Crippen LogP contribution in [-0.2, 0) is 4.79 Å². The highest BCUT2D eigenvalue weighted by molar-refractivity contribution is 7.21. The number of aromatic nitrogens is 1. The molecule has 1 aliphatic carbocycles. The Morgan fingerprint density at radius 3 is 2.60 bits per heavy atom. The number of nitrogens with two attached hydrogens (primary N) is 1. The Labute approximate surface area is 234 Å². The second-order valence-electron chi connectivity index (χ2n) is 9.83. The number of ether oxygens (including phenoxy) is 1. The molecule has 2 aromatic heterocycles. The van der Waals surface area contributed by atoms with Crippen LogP contribution in [0, 0.1) is 6.92 Å². The van der Waals surface area contributed by atoms with Gasteiger partial charge in [0.1, 0.15) is 21.2 Å². The number of para-hydroxylation sites is 1. The van der Waals surface area contributed by atoms with Gasteiger partial charge in [0.2, 0.25) is 5.91 Å². The molecule has 0 bridgehead atoms. The first-order valence-electron chi connectivity index (χ1n) is 13.1. The normalized spacial score (nSPS) is 17.9. The fraction of sp³-hybridized carbons (Fsp3) is 0.241. The van der Waals surface area contributed by atoms with E-state index in [1.54, 1.807) is 17.2 Å². The summed E-state index contributed by atoms with van der Waals surface area (Å²) >= 11 is 1.23. The molecule has 3 heterocycles. The fourth-order valence-corrected chi connectivity index (χ4v) is 6.38. The minimum absolute atomic E-state index is 0.100. The van der Waals surface area contributed by atoms with E-state index in [-0.39, 0.29) is 36.5 Å². The van der Waals surface area contributed by atoms with Crippen LogP contribution in [-0.4, -0.2) is 41.5 Å². The number of aryl methyl sites for hydroxylation is 1. The molecule has 2 atom stereocenters. The van der Waals surface area contributed by atoms with Crippen LogP contribution in [0.25, 0.3) is 10.2 Å². The summed E-state index contributed by atoms with van der Waals surface area (Å²) in [7, 11) is 0. The monoisotopic (exact) mass is 556 g/mol. The van der Waals surface area contributed by atoms with Gasteiger partial charge < -0.3 is 26.4 Å². The van der Waals surface area contributed by atoms with Gasteiger partial charge in [0.15, 0.2) is 0 Å². The SMILES string of the molecule is Cc1cc(Oc2ccccc2)ccc1N1C(=O)Nc2c(C(=O)NC3CCCC3NC(=O)CN)sc3nccc1c23. The molecule has 0 radical (unpaired) electrons.